The number of ether oxygens (including phenoxy) is 1. The van der Waals surface area contributed by atoms with E-state index in [-0.39, 0.29) is 17.9 Å². The van der Waals surface area contributed by atoms with Crippen LogP contribution in [0.1, 0.15) is 16.8 Å². The zero-order chi connectivity index (χ0) is 14.9. The second-order valence-electron chi connectivity index (χ2n) is 4.88. The quantitative estimate of drug-likeness (QED) is 0.847. The molecule has 0 radical (unpaired) electrons. The average molecular weight is 274 g/mol. The molecule has 1 heterocycles. The van der Waals surface area contributed by atoms with Crippen LogP contribution in [0.25, 0.3) is 0 Å². The molecule has 0 atom stereocenters. The van der Waals surface area contributed by atoms with Crippen molar-refractivity contribution in [1.82, 2.24) is 9.13 Å². The second kappa shape index (κ2) is 5.36. The highest BCUT2D eigenvalue weighted by atomic mass is 16.5. The number of hydrogen-bond donors (Lipinski definition) is 0. The first kappa shape index (κ1) is 14.1. The molecule has 0 unspecified atom stereocenters. The summed E-state index contributed by atoms with van der Waals surface area (Å²) in [4.78, 5) is 23.5. The molecule has 5 heteroatoms. The Morgan fingerprint density at radius 1 is 1.05 bits per heavy atom. The van der Waals surface area contributed by atoms with E-state index >= 15 is 0 Å². The van der Waals surface area contributed by atoms with Gasteiger partial charge in [-0.2, -0.15) is 0 Å². The summed E-state index contributed by atoms with van der Waals surface area (Å²) in [7, 11) is 3.09. The Balaban J connectivity index is 2.33. The number of aromatic nitrogens is 2. The van der Waals surface area contributed by atoms with E-state index in [0.717, 1.165) is 21.4 Å². The fraction of sp³-hybridized carbons (Fsp3) is 0.333. The normalized spacial score (nSPS) is 10.6. The number of nitrogens with zero attached hydrogens (tertiary/aromatic N) is 2. The molecule has 0 amide bonds. The molecular weight excluding hydrogens is 256 g/mol. The van der Waals surface area contributed by atoms with Crippen molar-refractivity contribution in [2.24, 2.45) is 14.1 Å². The van der Waals surface area contributed by atoms with Crippen LogP contribution in [0.4, 0.5) is 0 Å². The van der Waals surface area contributed by atoms with Crippen LogP contribution in [0, 0.1) is 13.8 Å². The minimum atomic E-state index is -0.349. The fourth-order valence-electron chi connectivity index (χ4n) is 2.09. The van der Waals surface area contributed by atoms with Crippen LogP contribution in [0.2, 0.25) is 0 Å². The van der Waals surface area contributed by atoms with E-state index in [1.54, 1.807) is 7.05 Å². The van der Waals surface area contributed by atoms with Crippen LogP contribution in [0.3, 0.4) is 0 Å². The van der Waals surface area contributed by atoms with Gasteiger partial charge in [0, 0.05) is 20.2 Å². The highest BCUT2D eigenvalue weighted by Gasteiger charge is 2.08. The van der Waals surface area contributed by atoms with Crippen LogP contribution >= 0.6 is 0 Å². The average Bonchev–Trinajstić information content (AvgIpc) is 2.41. The Morgan fingerprint density at radius 2 is 1.65 bits per heavy atom. The summed E-state index contributed by atoms with van der Waals surface area (Å²) in [5.41, 5.74) is 1.93. The van der Waals surface area contributed by atoms with Crippen molar-refractivity contribution in [2.75, 3.05) is 0 Å². The molecule has 106 valence electrons. The number of rotatable bonds is 3. The van der Waals surface area contributed by atoms with Gasteiger partial charge < -0.3 is 4.74 Å². The number of benzene rings is 1. The van der Waals surface area contributed by atoms with Gasteiger partial charge in [0.25, 0.3) is 5.56 Å². The molecule has 0 N–H and O–H groups in total. The lowest BCUT2D eigenvalue weighted by molar-refractivity contribution is 0.289. The molecule has 2 rings (SSSR count). The van der Waals surface area contributed by atoms with Crippen LogP contribution < -0.4 is 16.0 Å². The Labute approximate surface area is 117 Å². The molecule has 0 aliphatic carbocycles. The van der Waals surface area contributed by atoms with Gasteiger partial charge in [-0.15, -0.1) is 0 Å². The molecule has 0 fully saturated rings. The van der Waals surface area contributed by atoms with E-state index in [4.69, 9.17) is 4.74 Å². The second-order valence-corrected chi connectivity index (χ2v) is 4.88. The highest BCUT2D eigenvalue weighted by molar-refractivity contribution is 5.39. The van der Waals surface area contributed by atoms with Crippen LogP contribution in [-0.4, -0.2) is 9.13 Å². The summed E-state index contributed by atoms with van der Waals surface area (Å²) >= 11 is 0. The molecule has 1 aromatic heterocycles. The molecule has 0 saturated carbocycles. The topological polar surface area (TPSA) is 53.2 Å². The van der Waals surface area contributed by atoms with E-state index in [2.05, 4.69) is 0 Å². The Hall–Kier alpha value is -2.30. The molecule has 0 saturated heterocycles. The third kappa shape index (κ3) is 2.52. The molecule has 20 heavy (non-hydrogen) atoms. The van der Waals surface area contributed by atoms with E-state index in [1.165, 1.54) is 17.7 Å². The maximum Gasteiger partial charge on any atom is 0.330 e. The number of para-hydroxylation sites is 1. The lowest BCUT2D eigenvalue weighted by Crippen LogP contribution is -2.38. The SMILES string of the molecule is Cc1cccc(C)c1OCc1cc(=O)n(C)c(=O)n1C. The van der Waals surface area contributed by atoms with Gasteiger partial charge in [0.1, 0.15) is 12.4 Å². The third-order valence-electron chi connectivity index (χ3n) is 3.40. The van der Waals surface area contributed by atoms with Gasteiger partial charge in [0.2, 0.25) is 0 Å². The Kier molecular flexibility index (Phi) is 3.79. The molecule has 0 bridgehead atoms. The van der Waals surface area contributed by atoms with Crippen LogP contribution in [0.5, 0.6) is 5.75 Å². The number of hydrogen-bond acceptors (Lipinski definition) is 3. The highest BCUT2D eigenvalue weighted by Crippen LogP contribution is 2.23. The van der Waals surface area contributed by atoms with Crippen LogP contribution in [-0.2, 0) is 20.7 Å². The summed E-state index contributed by atoms with van der Waals surface area (Å²) < 4.78 is 8.27. The van der Waals surface area contributed by atoms with Crippen molar-refractivity contribution >= 4 is 0 Å². The Morgan fingerprint density at radius 3 is 2.25 bits per heavy atom. The van der Waals surface area contributed by atoms with Crippen molar-refractivity contribution < 1.29 is 4.74 Å². The van der Waals surface area contributed by atoms with Gasteiger partial charge >= 0.3 is 5.69 Å². The van der Waals surface area contributed by atoms with Gasteiger partial charge in [0.05, 0.1) is 5.69 Å². The zero-order valence-electron chi connectivity index (χ0n) is 12.1. The smallest absolute Gasteiger partial charge is 0.330 e. The lowest BCUT2D eigenvalue weighted by Gasteiger charge is -2.14. The maximum absolute atomic E-state index is 11.8. The molecule has 0 spiro atoms. The van der Waals surface area contributed by atoms with Crippen molar-refractivity contribution in [3.8, 4) is 5.75 Å². The Bertz CT molecular complexity index is 736. The first-order valence-electron chi connectivity index (χ1n) is 6.36. The fourth-order valence-corrected chi connectivity index (χ4v) is 2.09. The molecule has 1 aromatic carbocycles. The summed E-state index contributed by atoms with van der Waals surface area (Å²) in [6.07, 6.45) is 0. The van der Waals surface area contributed by atoms with E-state index in [1.807, 2.05) is 32.0 Å². The van der Waals surface area contributed by atoms with Crippen molar-refractivity contribution in [3.63, 3.8) is 0 Å². The minimum absolute atomic E-state index is 0.188. The van der Waals surface area contributed by atoms with Gasteiger partial charge in [-0.1, -0.05) is 18.2 Å². The molecule has 2 aromatic rings. The zero-order valence-corrected chi connectivity index (χ0v) is 12.1. The van der Waals surface area contributed by atoms with Gasteiger partial charge in [-0.05, 0) is 25.0 Å². The third-order valence-corrected chi connectivity index (χ3v) is 3.40. The molecule has 0 aliphatic rings. The van der Waals surface area contributed by atoms with E-state index < -0.39 is 0 Å². The largest absolute Gasteiger partial charge is 0.487 e. The molecule has 5 nitrogen and oxygen atoms in total. The van der Waals surface area contributed by atoms with E-state index in [0.29, 0.717) is 5.69 Å². The summed E-state index contributed by atoms with van der Waals surface area (Å²) in [6.45, 7) is 4.12. The van der Waals surface area contributed by atoms with Crippen molar-refractivity contribution in [1.29, 1.82) is 0 Å². The standard InChI is InChI=1S/C15H18N2O3/c1-10-6-5-7-11(2)14(10)20-9-12-8-13(18)17(4)15(19)16(12)3/h5-8H,9H2,1-4H3. The summed E-state index contributed by atoms with van der Waals surface area (Å²) in [5, 5.41) is 0. The van der Waals surface area contributed by atoms with E-state index in [9.17, 15) is 9.59 Å². The monoisotopic (exact) mass is 274 g/mol. The summed E-state index contributed by atoms with van der Waals surface area (Å²) in [6, 6.07) is 7.32. The van der Waals surface area contributed by atoms with Gasteiger partial charge in [-0.3, -0.25) is 13.9 Å². The van der Waals surface area contributed by atoms with Crippen LogP contribution in [0.15, 0.2) is 33.9 Å². The predicted molar refractivity (Wildman–Crippen MR) is 77.2 cm³/mol. The van der Waals surface area contributed by atoms with Crippen molar-refractivity contribution in [3.05, 3.63) is 61.9 Å². The molecule has 0 aliphatic heterocycles. The minimum Gasteiger partial charge on any atom is -0.487 e. The summed E-state index contributed by atoms with van der Waals surface area (Å²) in [5.74, 6) is 0.792. The van der Waals surface area contributed by atoms with Gasteiger partial charge in [0.15, 0.2) is 0 Å². The predicted octanol–water partition coefficient (Wildman–Crippen LogP) is 1.28. The first-order valence-corrected chi connectivity index (χ1v) is 6.36. The molecular formula is C15H18N2O3. The first-order chi connectivity index (χ1) is 9.41. The lowest BCUT2D eigenvalue weighted by atomic mass is 10.1. The van der Waals surface area contributed by atoms with Crippen molar-refractivity contribution in [2.45, 2.75) is 20.5 Å². The number of aryl methyl sites for hydroxylation is 2. The van der Waals surface area contributed by atoms with Gasteiger partial charge in [-0.25, -0.2) is 4.79 Å². The maximum atomic E-state index is 11.8.